The number of rotatable bonds is 8. The van der Waals surface area contributed by atoms with Gasteiger partial charge in [-0.3, -0.25) is 10.1 Å². The predicted molar refractivity (Wildman–Crippen MR) is 108 cm³/mol. The van der Waals surface area contributed by atoms with Crippen LogP contribution in [-0.2, 0) is 6.61 Å². The highest BCUT2D eigenvalue weighted by Crippen LogP contribution is 2.28. The van der Waals surface area contributed by atoms with Gasteiger partial charge in [-0.15, -0.1) is 10.2 Å². The van der Waals surface area contributed by atoms with Crippen molar-refractivity contribution in [3.8, 4) is 5.75 Å². The van der Waals surface area contributed by atoms with Crippen LogP contribution in [0.5, 0.6) is 5.75 Å². The maximum atomic E-state index is 12.4. The fourth-order valence-electron chi connectivity index (χ4n) is 2.82. The molecule has 3 rings (SSSR count). The first kappa shape index (κ1) is 20.0. The summed E-state index contributed by atoms with van der Waals surface area (Å²) in [7, 11) is 0. The highest BCUT2D eigenvalue weighted by molar-refractivity contribution is 7.15. The molecule has 1 aromatic carbocycles. The van der Waals surface area contributed by atoms with Gasteiger partial charge in [-0.2, -0.15) is 0 Å². The van der Waals surface area contributed by atoms with E-state index in [4.69, 9.17) is 9.26 Å². The summed E-state index contributed by atoms with van der Waals surface area (Å²) in [6.07, 6.45) is 2.02. The van der Waals surface area contributed by atoms with E-state index in [2.05, 4.69) is 34.5 Å². The number of hydrogen-bond acceptors (Lipinski definition) is 7. The third kappa shape index (κ3) is 4.56. The Morgan fingerprint density at radius 1 is 1.18 bits per heavy atom. The molecule has 0 aliphatic carbocycles. The second kappa shape index (κ2) is 8.97. The molecule has 0 saturated carbocycles. The van der Waals surface area contributed by atoms with Crippen LogP contribution in [0.15, 0.2) is 28.8 Å². The SMILES string of the molecule is CCC(CC)c1nnc(NC(=O)c2ccc(OCc3c(C)noc3C)cc2)s1. The fourth-order valence-corrected chi connectivity index (χ4v) is 3.83. The number of aromatic nitrogens is 3. The molecule has 0 fully saturated rings. The molecule has 28 heavy (non-hydrogen) atoms. The standard InChI is InChI=1S/C20H24N4O3S/c1-5-14(6-2)19-22-23-20(28-19)21-18(25)15-7-9-16(10-8-15)26-11-17-12(3)24-27-13(17)4/h7-10,14H,5-6,11H2,1-4H3,(H,21,23,25). The zero-order valence-corrected chi connectivity index (χ0v) is 17.3. The van der Waals surface area contributed by atoms with Gasteiger partial charge < -0.3 is 9.26 Å². The molecule has 0 bridgehead atoms. The van der Waals surface area contributed by atoms with Crippen LogP contribution in [0.25, 0.3) is 0 Å². The molecule has 2 heterocycles. The zero-order valence-electron chi connectivity index (χ0n) is 16.5. The summed E-state index contributed by atoms with van der Waals surface area (Å²) in [5, 5.41) is 16.5. The Hall–Kier alpha value is -2.74. The summed E-state index contributed by atoms with van der Waals surface area (Å²) in [6.45, 7) is 8.36. The van der Waals surface area contributed by atoms with Crippen molar-refractivity contribution in [1.29, 1.82) is 0 Å². The number of benzene rings is 1. The van der Waals surface area contributed by atoms with Gasteiger partial charge in [0.15, 0.2) is 0 Å². The first-order valence-corrected chi connectivity index (χ1v) is 10.1. The summed E-state index contributed by atoms with van der Waals surface area (Å²) in [5.74, 6) is 1.59. The summed E-state index contributed by atoms with van der Waals surface area (Å²) in [5.41, 5.74) is 2.29. The zero-order chi connectivity index (χ0) is 20.1. The molecule has 0 aliphatic rings. The third-order valence-corrected chi connectivity index (χ3v) is 5.68. The van der Waals surface area contributed by atoms with Crippen molar-refractivity contribution >= 4 is 22.4 Å². The number of ether oxygens (including phenoxy) is 1. The summed E-state index contributed by atoms with van der Waals surface area (Å²) >= 11 is 1.43. The van der Waals surface area contributed by atoms with E-state index in [1.54, 1.807) is 24.3 Å². The lowest BCUT2D eigenvalue weighted by atomic mass is 10.1. The van der Waals surface area contributed by atoms with Crippen LogP contribution in [0.4, 0.5) is 5.13 Å². The number of carbonyl (C=O) groups is 1. The van der Waals surface area contributed by atoms with Crippen LogP contribution in [0.1, 0.15) is 65.0 Å². The smallest absolute Gasteiger partial charge is 0.257 e. The second-order valence-electron chi connectivity index (χ2n) is 6.53. The minimum absolute atomic E-state index is 0.218. The third-order valence-electron chi connectivity index (χ3n) is 4.68. The average Bonchev–Trinajstić information content (AvgIpc) is 3.28. The molecule has 7 nitrogen and oxygen atoms in total. The predicted octanol–water partition coefficient (Wildman–Crippen LogP) is 4.88. The molecule has 0 unspecified atom stereocenters. The summed E-state index contributed by atoms with van der Waals surface area (Å²) in [6, 6.07) is 6.98. The van der Waals surface area contributed by atoms with E-state index in [-0.39, 0.29) is 5.91 Å². The van der Waals surface area contributed by atoms with Gasteiger partial charge in [-0.25, -0.2) is 0 Å². The van der Waals surface area contributed by atoms with Crippen molar-refractivity contribution in [1.82, 2.24) is 15.4 Å². The minimum atomic E-state index is -0.218. The highest BCUT2D eigenvalue weighted by Gasteiger charge is 2.15. The molecule has 0 radical (unpaired) electrons. The van der Waals surface area contributed by atoms with Crippen LogP contribution in [0.2, 0.25) is 0 Å². The molecule has 1 N–H and O–H groups in total. The summed E-state index contributed by atoms with van der Waals surface area (Å²) in [4.78, 5) is 12.4. The Balaban J connectivity index is 1.59. The molecule has 0 aliphatic heterocycles. The molecule has 8 heteroatoms. The number of anilines is 1. The van der Waals surface area contributed by atoms with Crippen molar-refractivity contribution in [2.45, 2.75) is 53.1 Å². The van der Waals surface area contributed by atoms with Gasteiger partial charge in [0.25, 0.3) is 5.91 Å². The van der Waals surface area contributed by atoms with Gasteiger partial charge >= 0.3 is 0 Å². The molecule has 2 aromatic heterocycles. The Kier molecular flexibility index (Phi) is 6.41. The van der Waals surface area contributed by atoms with Crippen LogP contribution >= 0.6 is 11.3 Å². The lowest BCUT2D eigenvalue weighted by Gasteiger charge is -2.07. The number of nitrogens with one attached hydrogen (secondary N) is 1. The van der Waals surface area contributed by atoms with Gasteiger partial charge in [0.2, 0.25) is 5.13 Å². The molecular weight excluding hydrogens is 376 g/mol. The van der Waals surface area contributed by atoms with E-state index < -0.39 is 0 Å². The van der Waals surface area contributed by atoms with Gasteiger partial charge in [-0.1, -0.05) is 30.3 Å². The normalized spacial score (nSPS) is 11.0. The number of carbonyl (C=O) groups excluding carboxylic acids is 1. The van der Waals surface area contributed by atoms with E-state index in [0.29, 0.717) is 29.0 Å². The van der Waals surface area contributed by atoms with Crippen molar-refractivity contribution in [2.75, 3.05) is 5.32 Å². The highest BCUT2D eigenvalue weighted by atomic mass is 32.1. The van der Waals surface area contributed by atoms with Crippen molar-refractivity contribution in [3.05, 3.63) is 51.9 Å². The van der Waals surface area contributed by atoms with Crippen LogP contribution in [0, 0.1) is 13.8 Å². The molecule has 0 saturated heterocycles. The van der Waals surface area contributed by atoms with E-state index >= 15 is 0 Å². The lowest BCUT2D eigenvalue weighted by molar-refractivity contribution is 0.102. The first-order chi connectivity index (χ1) is 13.5. The van der Waals surface area contributed by atoms with E-state index in [1.807, 2.05) is 13.8 Å². The van der Waals surface area contributed by atoms with Crippen molar-refractivity contribution < 1.29 is 14.1 Å². The van der Waals surface area contributed by atoms with Crippen molar-refractivity contribution in [2.24, 2.45) is 0 Å². The molecule has 0 atom stereocenters. The Morgan fingerprint density at radius 2 is 1.89 bits per heavy atom. The van der Waals surface area contributed by atoms with Gasteiger partial charge in [0, 0.05) is 11.5 Å². The molecule has 0 spiro atoms. The van der Waals surface area contributed by atoms with E-state index in [0.717, 1.165) is 34.9 Å². The van der Waals surface area contributed by atoms with E-state index in [9.17, 15) is 4.79 Å². The monoisotopic (exact) mass is 400 g/mol. The summed E-state index contributed by atoms with van der Waals surface area (Å²) < 4.78 is 10.9. The largest absolute Gasteiger partial charge is 0.489 e. The quantitative estimate of drug-likeness (QED) is 0.580. The lowest BCUT2D eigenvalue weighted by Crippen LogP contribution is -2.11. The maximum absolute atomic E-state index is 12.4. The number of amides is 1. The van der Waals surface area contributed by atoms with Gasteiger partial charge in [0.1, 0.15) is 23.1 Å². The van der Waals surface area contributed by atoms with Crippen LogP contribution in [-0.4, -0.2) is 21.3 Å². The van der Waals surface area contributed by atoms with Crippen LogP contribution in [0.3, 0.4) is 0 Å². The Morgan fingerprint density at radius 3 is 2.50 bits per heavy atom. The molecule has 148 valence electrons. The Labute approximate surface area is 168 Å². The van der Waals surface area contributed by atoms with Gasteiger partial charge in [-0.05, 0) is 51.0 Å². The molecule has 3 aromatic rings. The van der Waals surface area contributed by atoms with Crippen molar-refractivity contribution in [3.63, 3.8) is 0 Å². The molecular formula is C20H24N4O3S. The van der Waals surface area contributed by atoms with Gasteiger partial charge in [0.05, 0.1) is 11.3 Å². The first-order valence-electron chi connectivity index (χ1n) is 9.31. The Bertz CT molecular complexity index is 910. The maximum Gasteiger partial charge on any atom is 0.257 e. The fraction of sp³-hybridized carbons (Fsp3) is 0.400. The van der Waals surface area contributed by atoms with E-state index in [1.165, 1.54) is 11.3 Å². The number of aryl methyl sites for hydroxylation is 2. The minimum Gasteiger partial charge on any atom is -0.489 e. The average molecular weight is 401 g/mol. The number of nitrogens with zero attached hydrogens (tertiary/aromatic N) is 3. The van der Waals surface area contributed by atoms with Crippen LogP contribution < -0.4 is 10.1 Å². The number of hydrogen-bond donors (Lipinski definition) is 1. The second-order valence-corrected chi connectivity index (χ2v) is 7.54. The molecule has 1 amide bonds. The topological polar surface area (TPSA) is 90.1 Å².